The van der Waals surface area contributed by atoms with Crippen LogP contribution >= 0.6 is 23.2 Å². The van der Waals surface area contributed by atoms with Crippen molar-refractivity contribution in [1.82, 2.24) is 10.0 Å². The molecule has 2 amide bonds. The zero-order chi connectivity index (χ0) is 12.3. The molecule has 0 saturated carbocycles. The number of nitrogens with two attached hydrogens (primary N) is 1. The second-order valence-corrected chi connectivity index (χ2v) is 3.68. The van der Waals surface area contributed by atoms with Crippen molar-refractivity contribution in [1.29, 1.82) is 0 Å². The third-order valence-corrected chi connectivity index (χ3v) is 2.57. The fraction of sp³-hybridized carbons (Fsp3) is 0.250. The fourth-order valence-corrected chi connectivity index (χ4v) is 1.36. The van der Waals surface area contributed by atoms with Gasteiger partial charge in [0.05, 0.1) is 5.02 Å². The third kappa shape index (κ3) is 2.88. The summed E-state index contributed by atoms with van der Waals surface area (Å²) in [4.78, 5) is 26.4. The lowest BCUT2D eigenvalue weighted by molar-refractivity contribution is -0.124. The number of primary amides is 1. The smallest absolute Gasteiger partial charge is 0.291 e. The van der Waals surface area contributed by atoms with Gasteiger partial charge in [0.2, 0.25) is 5.91 Å². The van der Waals surface area contributed by atoms with Crippen molar-refractivity contribution < 1.29 is 14.4 Å². The normalized spacial score (nSPS) is 10.2. The Labute approximate surface area is 101 Å². The van der Waals surface area contributed by atoms with Gasteiger partial charge in [-0.05, 0) is 6.07 Å². The Morgan fingerprint density at radius 1 is 1.56 bits per heavy atom. The van der Waals surface area contributed by atoms with Gasteiger partial charge in [-0.3, -0.25) is 14.4 Å². The number of rotatable bonds is 4. The summed E-state index contributed by atoms with van der Waals surface area (Å²) in [7, 11) is 1.57. The summed E-state index contributed by atoms with van der Waals surface area (Å²) in [6.07, 6.45) is 0. The first-order chi connectivity index (χ1) is 7.43. The van der Waals surface area contributed by atoms with Crippen LogP contribution in [0.2, 0.25) is 10.2 Å². The predicted molar refractivity (Wildman–Crippen MR) is 58.0 cm³/mol. The van der Waals surface area contributed by atoms with Crippen LogP contribution in [0.4, 0.5) is 0 Å². The van der Waals surface area contributed by atoms with E-state index in [9.17, 15) is 9.59 Å². The summed E-state index contributed by atoms with van der Waals surface area (Å²) in [5, 5.41) is 0.492. The summed E-state index contributed by atoms with van der Waals surface area (Å²) in [5.74, 6) is -1.26. The molecule has 0 aliphatic rings. The highest BCUT2D eigenvalue weighted by Crippen LogP contribution is 2.24. The number of hydrogen-bond acceptors (Lipinski definition) is 3. The standard InChI is InChI=1S/C8H9Cl2N3O3/c1-13-5(2-4(9)7(13)10)8(15)12-16-3-6(11)14/h2H,3H2,1H3,(H2,11,14)(H,12,15). The first kappa shape index (κ1) is 12.8. The van der Waals surface area contributed by atoms with Crippen molar-refractivity contribution in [3.8, 4) is 0 Å². The zero-order valence-electron chi connectivity index (χ0n) is 8.29. The quantitative estimate of drug-likeness (QED) is 0.777. The summed E-state index contributed by atoms with van der Waals surface area (Å²) in [5.41, 5.74) is 7.05. The van der Waals surface area contributed by atoms with Gasteiger partial charge in [-0.25, -0.2) is 5.48 Å². The van der Waals surface area contributed by atoms with Crippen LogP contribution in [0.25, 0.3) is 0 Å². The average molecular weight is 266 g/mol. The van der Waals surface area contributed by atoms with Crippen molar-refractivity contribution in [2.75, 3.05) is 6.61 Å². The van der Waals surface area contributed by atoms with E-state index in [2.05, 4.69) is 4.84 Å². The zero-order valence-corrected chi connectivity index (χ0v) is 9.80. The highest BCUT2D eigenvalue weighted by Gasteiger charge is 2.15. The number of hydroxylamine groups is 1. The van der Waals surface area contributed by atoms with Gasteiger partial charge in [-0.15, -0.1) is 0 Å². The Kier molecular flexibility index (Phi) is 4.17. The van der Waals surface area contributed by atoms with Crippen molar-refractivity contribution in [3.63, 3.8) is 0 Å². The van der Waals surface area contributed by atoms with Crippen molar-refractivity contribution in [2.24, 2.45) is 12.8 Å². The molecule has 0 aliphatic heterocycles. The molecule has 0 fully saturated rings. The molecule has 0 aliphatic carbocycles. The SMILES string of the molecule is Cn1c(C(=O)NOCC(N)=O)cc(Cl)c1Cl. The number of amides is 2. The van der Waals surface area contributed by atoms with E-state index < -0.39 is 18.4 Å². The predicted octanol–water partition coefficient (Wildman–Crippen LogP) is 0.479. The van der Waals surface area contributed by atoms with Crippen LogP contribution in [0.5, 0.6) is 0 Å². The number of carbonyl (C=O) groups excluding carboxylic acids is 2. The van der Waals surface area contributed by atoms with Crippen molar-refractivity contribution in [3.05, 3.63) is 21.9 Å². The van der Waals surface area contributed by atoms with Gasteiger partial charge < -0.3 is 10.3 Å². The van der Waals surface area contributed by atoms with Gasteiger partial charge in [-0.1, -0.05) is 23.2 Å². The molecule has 1 aromatic rings. The summed E-state index contributed by atoms with van der Waals surface area (Å²) < 4.78 is 1.38. The summed E-state index contributed by atoms with van der Waals surface area (Å²) in [6, 6.07) is 1.38. The van der Waals surface area contributed by atoms with Gasteiger partial charge >= 0.3 is 0 Å². The van der Waals surface area contributed by atoms with E-state index in [1.165, 1.54) is 10.6 Å². The minimum Gasteiger partial charge on any atom is -0.368 e. The molecule has 6 nitrogen and oxygen atoms in total. The molecule has 0 radical (unpaired) electrons. The van der Waals surface area contributed by atoms with Crippen LogP contribution in [-0.4, -0.2) is 23.0 Å². The lowest BCUT2D eigenvalue weighted by Gasteiger charge is -2.05. The Morgan fingerprint density at radius 3 is 2.62 bits per heavy atom. The average Bonchev–Trinajstić information content (AvgIpc) is 2.45. The Morgan fingerprint density at radius 2 is 2.19 bits per heavy atom. The monoisotopic (exact) mass is 265 g/mol. The molecular weight excluding hydrogens is 257 g/mol. The van der Waals surface area contributed by atoms with Crippen LogP contribution in [0, 0.1) is 0 Å². The number of aromatic nitrogens is 1. The maximum absolute atomic E-state index is 11.5. The lowest BCUT2D eigenvalue weighted by atomic mass is 10.4. The first-order valence-corrected chi connectivity index (χ1v) is 4.90. The number of carbonyl (C=O) groups is 2. The molecular formula is C8H9Cl2N3O3. The van der Waals surface area contributed by atoms with Crippen LogP contribution in [-0.2, 0) is 16.7 Å². The fourth-order valence-electron chi connectivity index (χ4n) is 0.985. The molecule has 1 aromatic heterocycles. The minimum absolute atomic E-state index is 0.208. The number of nitrogens with zero attached hydrogens (tertiary/aromatic N) is 1. The van der Waals surface area contributed by atoms with E-state index in [-0.39, 0.29) is 15.9 Å². The van der Waals surface area contributed by atoms with Crippen LogP contribution in [0.3, 0.4) is 0 Å². The molecule has 3 N–H and O–H groups in total. The molecule has 8 heteroatoms. The molecule has 1 rings (SSSR count). The van der Waals surface area contributed by atoms with Crippen molar-refractivity contribution in [2.45, 2.75) is 0 Å². The van der Waals surface area contributed by atoms with Gasteiger partial charge in [0.1, 0.15) is 10.8 Å². The summed E-state index contributed by atoms with van der Waals surface area (Å²) >= 11 is 11.5. The van der Waals surface area contributed by atoms with Crippen LogP contribution < -0.4 is 11.2 Å². The molecule has 0 atom stereocenters. The molecule has 1 heterocycles. The van der Waals surface area contributed by atoms with E-state index in [0.29, 0.717) is 0 Å². The number of halogens is 2. The Balaban J connectivity index is 2.66. The molecule has 16 heavy (non-hydrogen) atoms. The van der Waals surface area contributed by atoms with Gasteiger partial charge in [0, 0.05) is 7.05 Å². The third-order valence-electron chi connectivity index (χ3n) is 1.73. The first-order valence-electron chi connectivity index (χ1n) is 4.14. The number of nitrogens with one attached hydrogen (secondary N) is 1. The van der Waals surface area contributed by atoms with Gasteiger partial charge in [0.25, 0.3) is 5.91 Å². The van der Waals surface area contributed by atoms with Crippen LogP contribution in [0.1, 0.15) is 10.5 Å². The minimum atomic E-state index is -0.691. The summed E-state index contributed by atoms with van der Waals surface area (Å²) in [6.45, 7) is -0.405. The Bertz CT molecular complexity index is 430. The van der Waals surface area contributed by atoms with E-state index in [0.717, 1.165) is 0 Å². The maximum atomic E-state index is 11.5. The van der Waals surface area contributed by atoms with Crippen molar-refractivity contribution >= 4 is 35.0 Å². The molecule has 0 bridgehead atoms. The largest absolute Gasteiger partial charge is 0.368 e. The molecule has 88 valence electrons. The van der Waals surface area contributed by atoms with Crippen LogP contribution in [0.15, 0.2) is 6.07 Å². The van der Waals surface area contributed by atoms with Gasteiger partial charge in [0.15, 0.2) is 6.61 Å². The van der Waals surface area contributed by atoms with E-state index in [1.54, 1.807) is 7.05 Å². The number of hydrogen-bond donors (Lipinski definition) is 2. The highest BCUT2D eigenvalue weighted by atomic mass is 35.5. The topological polar surface area (TPSA) is 86.3 Å². The van der Waals surface area contributed by atoms with Gasteiger partial charge in [-0.2, -0.15) is 0 Å². The second kappa shape index (κ2) is 5.20. The Hall–Kier alpha value is -1.24. The van der Waals surface area contributed by atoms with E-state index in [1.807, 2.05) is 5.48 Å². The second-order valence-electron chi connectivity index (χ2n) is 2.91. The molecule has 0 aromatic carbocycles. The van der Waals surface area contributed by atoms with E-state index >= 15 is 0 Å². The van der Waals surface area contributed by atoms with E-state index in [4.69, 9.17) is 28.9 Å². The maximum Gasteiger partial charge on any atom is 0.291 e. The lowest BCUT2D eigenvalue weighted by Crippen LogP contribution is -2.30. The molecule has 0 spiro atoms. The molecule has 0 unspecified atom stereocenters. The highest BCUT2D eigenvalue weighted by molar-refractivity contribution is 6.41. The molecule has 0 saturated heterocycles.